The van der Waals surface area contributed by atoms with Crippen molar-refractivity contribution in [1.82, 2.24) is 0 Å². The van der Waals surface area contributed by atoms with Gasteiger partial charge in [0.1, 0.15) is 0 Å². The lowest BCUT2D eigenvalue weighted by molar-refractivity contribution is 0.0555. The summed E-state index contributed by atoms with van der Waals surface area (Å²) in [6.45, 7) is 27.9. The SMILES string of the molecule is C=C1CC[C@H](O)C/C1=C\C=C1/CCC[C@@]2(C)C1CC[C@@H]2[C@H](C)/C=C/C(C)C(C)(C)O[Si](C)(C)C(C)(C)C. The molecule has 0 aromatic heterocycles. The summed E-state index contributed by atoms with van der Waals surface area (Å²) in [6.07, 6.45) is 18.6. The molecule has 210 valence electrons. The third-order valence-corrected chi connectivity index (χ3v) is 15.6. The first-order valence-corrected chi connectivity index (χ1v) is 18.0. The molecule has 3 aliphatic rings. The predicted octanol–water partition coefficient (Wildman–Crippen LogP) is 9.79. The van der Waals surface area contributed by atoms with Crippen LogP contribution in [0.3, 0.4) is 0 Å². The van der Waals surface area contributed by atoms with Gasteiger partial charge in [-0.05, 0) is 112 Å². The van der Waals surface area contributed by atoms with Gasteiger partial charge < -0.3 is 9.53 Å². The Morgan fingerprint density at radius 3 is 2.35 bits per heavy atom. The number of aliphatic hydroxyl groups is 1. The van der Waals surface area contributed by atoms with Gasteiger partial charge in [0.15, 0.2) is 8.32 Å². The van der Waals surface area contributed by atoms with E-state index in [2.05, 4.69) is 99.4 Å². The molecule has 0 aromatic carbocycles. The van der Waals surface area contributed by atoms with Crippen molar-refractivity contribution in [2.75, 3.05) is 0 Å². The Hall–Kier alpha value is -0.903. The lowest BCUT2D eigenvalue weighted by Crippen LogP contribution is -2.49. The first-order valence-electron chi connectivity index (χ1n) is 15.1. The quantitative estimate of drug-likeness (QED) is 0.264. The molecule has 3 rings (SSSR count). The van der Waals surface area contributed by atoms with E-state index < -0.39 is 8.32 Å². The molecule has 0 spiro atoms. The van der Waals surface area contributed by atoms with Gasteiger partial charge in [-0.25, -0.2) is 0 Å². The van der Waals surface area contributed by atoms with E-state index >= 15 is 0 Å². The third kappa shape index (κ3) is 6.82. The Morgan fingerprint density at radius 2 is 1.70 bits per heavy atom. The standard InChI is InChI=1S/C34H58O2Si/c1-24-15-19-29(35)23-28(24)18-17-27-13-12-22-34(9)30(20-21-31(27)34)25(2)14-16-26(3)33(7,8)36-37(10,11)32(4,5)6/h14,16-18,25-26,29-31,35H,1,12-13,15,19-23H2,2-11H3/b16-14+,27-17+,28-18+/t25-,26?,29+,30-,31?,34-/m1/s1. The van der Waals surface area contributed by atoms with Crippen LogP contribution in [-0.4, -0.2) is 25.1 Å². The average molecular weight is 527 g/mol. The average Bonchev–Trinajstić information content (AvgIpc) is 3.14. The summed E-state index contributed by atoms with van der Waals surface area (Å²) in [5, 5.41) is 10.4. The zero-order valence-corrected chi connectivity index (χ0v) is 26.9. The van der Waals surface area contributed by atoms with Crippen LogP contribution in [0.25, 0.3) is 0 Å². The van der Waals surface area contributed by atoms with Gasteiger partial charge in [0.25, 0.3) is 0 Å². The van der Waals surface area contributed by atoms with Crippen molar-refractivity contribution in [2.24, 2.45) is 29.1 Å². The number of hydrogen-bond acceptors (Lipinski definition) is 2. The molecule has 1 N–H and O–H groups in total. The summed E-state index contributed by atoms with van der Waals surface area (Å²) in [5.74, 6) is 2.37. The number of fused-ring (bicyclic) bond motifs is 1. The molecular formula is C34H58O2Si. The van der Waals surface area contributed by atoms with Crippen LogP contribution in [0.1, 0.15) is 107 Å². The minimum Gasteiger partial charge on any atom is -0.411 e. The molecule has 0 saturated heterocycles. The van der Waals surface area contributed by atoms with Gasteiger partial charge in [-0.15, -0.1) is 0 Å². The molecule has 0 radical (unpaired) electrons. The Bertz CT molecular complexity index is 915. The van der Waals surface area contributed by atoms with Crippen LogP contribution in [-0.2, 0) is 4.43 Å². The van der Waals surface area contributed by atoms with E-state index in [0.29, 0.717) is 23.2 Å². The van der Waals surface area contributed by atoms with Crippen molar-refractivity contribution in [3.05, 3.63) is 47.6 Å². The van der Waals surface area contributed by atoms with Crippen molar-refractivity contribution in [3.63, 3.8) is 0 Å². The Kier molecular flexibility index (Phi) is 9.35. The number of hydrogen-bond donors (Lipinski definition) is 1. The fraction of sp³-hybridized carbons (Fsp3) is 0.765. The highest BCUT2D eigenvalue weighted by Gasteiger charge is 2.50. The van der Waals surface area contributed by atoms with Crippen LogP contribution in [0, 0.1) is 29.1 Å². The van der Waals surface area contributed by atoms with Gasteiger partial charge in [0.2, 0.25) is 0 Å². The van der Waals surface area contributed by atoms with Crippen molar-refractivity contribution in [2.45, 2.75) is 137 Å². The van der Waals surface area contributed by atoms with Crippen molar-refractivity contribution < 1.29 is 9.53 Å². The van der Waals surface area contributed by atoms with Crippen molar-refractivity contribution in [3.8, 4) is 0 Å². The summed E-state index contributed by atoms with van der Waals surface area (Å²) in [4.78, 5) is 0. The molecule has 3 heteroatoms. The van der Waals surface area contributed by atoms with Crippen molar-refractivity contribution >= 4 is 8.32 Å². The molecule has 2 unspecified atom stereocenters. The summed E-state index contributed by atoms with van der Waals surface area (Å²) >= 11 is 0. The largest absolute Gasteiger partial charge is 0.411 e. The fourth-order valence-corrected chi connectivity index (χ4v) is 8.96. The van der Waals surface area contributed by atoms with E-state index in [0.717, 1.165) is 25.2 Å². The molecule has 3 saturated carbocycles. The predicted molar refractivity (Wildman–Crippen MR) is 163 cm³/mol. The van der Waals surface area contributed by atoms with Gasteiger partial charge in [-0.3, -0.25) is 0 Å². The summed E-state index contributed by atoms with van der Waals surface area (Å²) in [6, 6.07) is 0. The topological polar surface area (TPSA) is 29.5 Å². The molecule has 0 aliphatic heterocycles. The second kappa shape index (κ2) is 11.3. The van der Waals surface area contributed by atoms with Crippen LogP contribution in [0.4, 0.5) is 0 Å². The zero-order chi connectivity index (χ0) is 27.8. The minimum absolute atomic E-state index is 0.160. The lowest BCUT2D eigenvalue weighted by Gasteiger charge is -2.45. The first kappa shape index (κ1) is 30.6. The number of aliphatic hydroxyl groups excluding tert-OH is 1. The molecule has 2 nitrogen and oxygen atoms in total. The van der Waals surface area contributed by atoms with Gasteiger partial charge in [0.05, 0.1) is 11.7 Å². The second-order valence-electron chi connectivity index (χ2n) is 15.0. The van der Waals surface area contributed by atoms with E-state index in [9.17, 15) is 5.11 Å². The smallest absolute Gasteiger partial charge is 0.192 e. The van der Waals surface area contributed by atoms with E-state index in [1.807, 2.05) is 0 Å². The molecule has 0 amide bonds. The Labute approximate surface area is 230 Å². The highest BCUT2D eigenvalue weighted by atomic mass is 28.4. The van der Waals surface area contributed by atoms with E-state index in [1.54, 1.807) is 5.57 Å². The minimum atomic E-state index is -1.82. The molecule has 0 bridgehead atoms. The van der Waals surface area contributed by atoms with Crippen LogP contribution in [0.2, 0.25) is 18.1 Å². The van der Waals surface area contributed by atoms with Crippen LogP contribution in [0.15, 0.2) is 47.6 Å². The maximum Gasteiger partial charge on any atom is 0.192 e. The molecule has 37 heavy (non-hydrogen) atoms. The summed E-state index contributed by atoms with van der Waals surface area (Å²) in [5.41, 5.74) is 4.35. The van der Waals surface area contributed by atoms with Crippen LogP contribution >= 0.6 is 0 Å². The fourth-order valence-electron chi connectivity index (χ4n) is 7.15. The normalized spacial score (nSPS) is 33.8. The third-order valence-electron chi connectivity index (χ3n) is 11.0. The molecule has 3 aliphatic carbocycles. The maximum absolute atomic E-state index is 10.1. The van der Waals surface area contributed by atoms with Crippen LogP contribution in [0.5, 0.6) is 0 Å². The molecule has 0 heterocycles. The molecule has 6 atom stereocenters. The lowest BCUT2D eigenvalue weighted by atomic mass is 9.61. The summed E-state index contributed by atoms with van der Waals surface area (Å²) in [7, 11) is -1.82. The molecular weight excluding hydrogens is 468 g/mol. The maximum atomic E-state index is 10.1. The Morgan fingerprint density at radius 1 is 1.03 bits per heavy atom. The van der Waals surface area contributed by atoms with Crippen LogP contribution < -0.4 is 0 Å². The van der Waals surface area contributed by atoms with Crippen molar-refractivity contribution in [1.29, 1.82) is 0 Å². The van der Waals surface area contributed by atoms with Gasteiger partial charge in [0, 0.05) is 5.92 Å². The molecule has 3 fully saturated rings. The number of rotatable bonds is 7. The monoisotopic (exact) mass is 526 g/mol. The first-order chi connectivity index (χ1) is 17.0. The van der Waals surface area contributed by atoms with Gasteiger partial charge in [-0.2, -0.15) is 0 Å². The number of allylic oxidation sites excluding steroid dienone is 5. The highest BCUT2D eigenvalue weighted by molar-refractivity contribution is 6.74. The highest BCUT2D eigenvalue weighted by Crippen LogP contribution is 2.59. The van der Waals surface area contributed by atoms with Gasteiger partial charge >= 0.3 is 0 Å². The zero-order valence-electron chi connectivity index (χ0n) is 25.9. The molecule has 0 aromatic rings. The summed E-state index contributed by atoms with van der Waals surface area (Å²) < 4.78 is 6.87. The Balaban J connectivity index is 1.71. The van der Waals surface area contributed by atoms with E-state index in [-0.39, 0.29) is 16.7 Å². The second-order valence-corrected chi connectivity index (χ2v) is 19.8. The van der Waals surface area contributed by atoms with E-state index in [1.165, 1.54) is 43.3 Å². The van der Waals surface area contributed by atoms with Gasteiger partial charge in [-0.1, -0.05) is 83.6 Å². The van der Waals surface area contributed by atoms with E-state index in [4.69, 9.17) is 4.43 Å².